The van der Waals surface area contributed by atoms with Gasteiger partial charge >= 0.3 is 6.18 Å². The van der Waals surface area contributed by atoms with Gasteiger partial charge in [0.2, 0.25) is 7.85 Å². The Morgan fingerprint density at radius 1 is 1.25 bits per heavy atom. The predicted octanol–water partition coefficient (Wildman–Crippen LogP) is 3.48. The number of aryl methyl sites for hydroxylation is 1. The van der Waals surface area contributed by atoms with Gasteiger partial charge in [-0.25, -0.2) is 0 Å². The summed E-state index contributed by atoms with van der Waals surface area (Å²) in [5.74, 6) is -0.421. The number of nitrogens with zero attached hydrogens (tertiary/aromatic N) is 1. The van der Waals surface area contributed by atoms with Crippen molar-refractivity contribution in [3.8, 4) is 0 Å². The Kier molecular flexibility index (Phi) is 4.11. The van der Waals surface area contributed by atoms with E-state index in [4.69, 9.17) is 7.85 Å². The van der Waals surface area contributed by atoms with E-state index in [0.29, 0.717) is 37.1 Å². The number of alkyl halides is 3. The monoisotopic (exact) mass is 281 g/mol. The number of likely N-dealkylation sites (tertiary alicyclic amines) is 1. The molecule has 0 atom stereocenters. The minimum absolute atomic E-state index is 0.0478. The lowest BCUT2D eigenvalue weighted by molar-refractivity contribution is -0.137. The van der Waals surface area contributed by atoms with Gasteiger partial charge < -0.3 is 4.90 Å². The van der Waals surface area contributed by atoms with Crippen LogP contribution < -0.4 is 0 Å². The van der Waals surface area contributed by atoms with Gasteiger partial charge in [0.05, 0.1) is 5.56 Å². The summed E-state index contributed by atoms with van der Waals surface area (Å²) in [5, 5.41) is 0. The van der Waals surface area contributed by atoms with Gasteiger partial charge in [-0.3, -0.25) is 4.79 Å². The molecular formula is C14H15BF3NO. The second-order valence-corrected chi connectivity index (χ2v) is 5.23. The number of carbonyl (C=O) groups is 1. The van der Waals surface area contributed by atoms with E-state index >= 15 is 0 Å². The highest BCUT2D eigenvalue weighted by atomic mass is 19.4. The first-order valence-corrected chi connectivity index (χ1v) is 6.50. The van der Waals surface area contributed by atoms with Crippen LogP contribution in [0.5, 0.6) is 0 Å². The van der Waals surface area contributed by atoms with Crippen LogP contribution in [0.4, 0.5) is 18.0 Å². The third-order valence-electron chi connectivity index (χ3n) is 3.71. The third-order valence-corrected chi connectivity index (χ3v) is 3.71. The number of hydrogen-bond acceptors (Lipinski definition) is 1. The molecule has 1 aliphatic rings. The Balaban J connectivity index is 2.18. The summed E-state index contributed by atoms with van der Waals surface area (Å²) in [5.41, 5.74) is 0.693. The molecule has 1 aliphatic heterocycles. The Bertz CT molecular complexity index is 508. The lowest BCUT2D eigenvalue weighted by Crippen LogP contribution is -2.37. The lowest BCUT2D eigenvalue weighted by Gasteiger charge is -2.32. The molecule has 1 aromatic rings. The molecule has 2 rings (SSSR count). The quantitative estimate of drug-likeness (QED) is 0.722. The molecule has 1 fully saturated rings. The number of hydrogen-bond donors (Lipinski definition) is 0. The molecule has 1 amide bonds. The van der Waals surface area contributed by atoms with Gasteiger partial charge in [0.25, 0.3) is 0 Å². The standard InChI is InChI=1S/C14H15BF3NO/c1-9-6-11(8-12(7-9)14(16,17)18)10-2-4-19(5-3-10)13(15)20/h6-8,10H,2-5H2,1H3. The molecule has 0 unspecified atom stereocenters. The van der Waals surface area contributed by atoms with Crippen molar-refractivity contribution < 1.29 is 18.0 Å². The third kappa shape index (κ3) is 3.35. The minimum atomic E-state index is -4.32. The van der Waals surface area contributed by atoms with Gasteiger partial charge in [-0.1, -0.05) is 11.6 Å². The van der Waals surface area contributed by atoms with Crippen LogP contribution in [-0.4, -0.2) is 31.6 Å². The van der Waals surface area contributed by atoms with Crippen LogP contribution in [0.2, 0.25) is 0 Å². The molecule has 2 radical (unpaired) electrons. The average Bonchev–Trinajstić information content (AvgIpc) is 2.37. The van der Waals surface area contributed by atoms with Gasteiger partial charge in [0.1, 0.15) is 0 Å². The van der Waals surface area contributed by atoms with Crippen LogP contribution in [-0.2, 0) is 6.18 Å². The minimum Gasteiger partial charge on any atom is -0.353 e. The number of rotatable bonds is 1. The average molecular weight is 281 g/mol. The van der Waals surface area contributed by atoms with E-state index in [-0.39, 0.29) is 5.92 Å². The predicted molar refractivity (Wildman–Crippen MR) is 70.9 cm³/mol. The Hall–Kier alpha value is -1.46. The van der Waals surface area contributed by atoms with Crippen LogP contribution >= 0.6 is 0 Å². The first kappa shape index (κ1) is 14.9. The molecule has 6 heteroatoms. The second kappa shape index (κ2) is 5.50. The smallest absolute Gasteiger partial charge is 0.353 e. The Morgan fingerprint density at radius 2 is 1.85 bits per heavy atom. The van der Waals surface area contributed by atoms with E-state index in [2.05, 4.69) is 0 Å². The molecule has 0 spiro atoms. The summed E-state index contributed by atoms with van der Waals surface area (Å²) in [6.45, 7) is 2.65. The molecule has 1 aromatic carbocycles. The van der Waals surface area contributed by atoms with Gasteiger partial charge in [-0.05, 0) is 43.4 Å². The van der Waals surface area contributed by atoms with Crippen molar-refractivity contribution >= 4 is 13.7 Å². The van der Waals surface area contributed by atoms with Crippen molar-refractivity contribution in [2.45, 2.75) is 31.9 Å². The van der Waals surface area contributed by atoms with Gasteiger partial charge in [-0.15, -0.1) is 0 Å². The number of amides is 1. The van der Waals surface area contributed by atoms with E-state index < -0.39 is 17.5 Å². The fourth-order valence-electron chi connectivity index (χ4n) is 2.65. The molecule has 2 nitrogen and oxygen atoms in total. The SMILES string of the molecule is [B]C(=O)N1CCC(c2cc(C)cc(C(F)(F)F)c2)CC1. The summed E-state index contributed by atoms with van der Waals surface area (Å²) < 4.78 is 38.4. The van der Waals surface area contributed by atoms with E-state index in [1.807, 2.05) is 0 Å². The summed E-state index contributed by atoms with van der Waals surface area (Å²) in [4.78, 5) is 12.6. The highest BCUT2D eigenvalue weighted by Gasteiger charge is 2.32. The first-order valence-electron chi connectivity index (χ1n) is 6.50. The summed E-state index contributed by atoms with van der Waals surface area (Å²) in [6, 6.07) is 4.17. The Labute approximate surface area is 117 Å². The van der Waals surface area contributed by atoms with E-state index in [9.17, 15) is 18.0 Å². The van der Waals surface area contributed by atoms with E-state index in [1.165, 1.54) is 11.0 Å². The fourth-order valence-corrected chi connectivity index (χ4v) is 2.65. The van der Waals surface area contributed by atoms with Crippen LogP contribution in [0, 0.1) is 6.92 Å². The fraction of sp³-hybridized carbons (Fsp3) is 0.500. The van der Waals surface area contributed by atoms with Gasteiger partial charge in [0, 0.05) is 13.1 Å². The zero-order valence-corrected chi connectivity index (χ0v) is 11.2. The summed E-state index contributed by atoms with van der Waals surface area (Å²) in [6.07, 6.45) is -3.04. The second-order valence-electron chi connectivity index (χ2n) is 5.23. The first-order chi connectivity index (χ1) is 9.27. The number of halogens is 3. The molecule has 0 N–H and O–H groups in total. The van der Waals surface area contributed by atoms with Crippen molar-refractivity contribution in [3.63, 3.8) is 0 Å². The topological polar surface area (TPSA) is 20.3 Å². The van der Waals surface area contributed by atoms with Crippen molar-refractivity contribution in [1.29, 1.82) is 0 Å². The maximum Gasteiger partial charge on any atom is 0.416 e. The Morgan fingerprint density at radius 3 is 2.35 bits per heavy atom. The number of carbonyl (C=O) groups excluding carboxylic acids is 1. The molecule has 0 aromatic heterocycles. The van der Waals surface area contributed by atoms with Gasteiger partial charge in [-0.2, -0.15) is 13.2 Å². The molecule has 0 aliphatic carbocycles. The molecule has 0 saturated carbocycles. The van der Waals surface area contributed by atoms with Crippen molar-refractivity contribution in [2.75, 3.05) is 13.1 Å². The summed E-state index contributed by atoms with van der Waals surface area (Å²) >= 11 is 0. The molecule has 106 valence electrons. The summed E-state index contributed by atoms with van der Waals surface area (Å²) in [7, 11) is 5.19. The van der Waals surface area contributed by atoms with Crippen LogP contribution in [0.3, 0.4) is 0 Å². The van der Waals surface area contributed by atoms with Gasteiger partial charge in [0.15, 0.2) is 5.81 Å². The van der Waals surface area contributed by atoms with E-state index in [0.717, 1.165) is 6.07 Å². The normalized spacial score (nSPS) is 17.3. The van der Waals surface area contributed by atoms with Crippen LogP contribution in [0.1, 0.15) is 35.4 Å². The lowest BCUT2D eigenvalue weighted by atomic mass is 9.87. The largest absolute Gasteiger partial charge is 0.416 e. The highest BCUT2D eigenvalue weighted by Crippen LogP contribution is 2.35. The zero-order valence-electron chi connectivity index (χ0n) is 11.2. The molecule has 0 bridgehead atoms. The maximum atomic E-state index is 12.8. The van der Waals surface area contributed by atoms with Crippen LogP contribution in [0.15, 0.2) is 18.2 Å². The molecular weight excluding hydrogens is 266 g/mol. The zero-order chi connectivity index (χ0) is 14.9. The number of piperidine rings is 1. The molecule has 1 saturated heterocycles. The van der Waals surface area contributed by atoms with E-state index in [1.54, 1.807) is 13.0 Å². The number of benzene rings is 1. The van der Waals surface area contributed by atoms with Crippen molar-refractivity contribution in [1.82, 2.24) is 4.90 Å². The molecule has 1 heterocycles. The van der Waals surface area contributed by atoms with Crippen LogP contribution in [0.25, 0.3) is 0 Å². The van der Waals surface area contributed by atoms with Crippen molar-refractivity contribution in [3.05, 3.63) is 34.9 Å². The highest BCUT2D eigenvalue weighted by molar-refractivity contribution is 6.56. The maximum absolute atomic E-state index is 12.8. The van der Waals surface area contributed by atoms with Crippen molar-refractivity contribution in [2.24, 2.45) is 0 Å². The molecule has 20 heavy (non-hydrogen) atoms.